The van der Waals surface area contributed by atoms with Crippen LogP contribution < -0.4 is 0 Å². The molecule has 190 valence electrons. The zero-order chi connectivity index (χ0) is 25.8. The number of carbonyl (C=O) groups excluding carboxylic acids is 1. The topological polar surface area (TPSA) is 49.3 Å². The van der Waals surface area contributed by atoms with Gasteiger partial charge in [-0.05, 0) is 67.5 Å². The van der Waals surface area contributed by atoms with Crippen LogP contribution in [-0.2, 0) is 12.8 Å². The van der Waals surface area contributed by atoms with Crippen LogP contribution in [-0.4, -0.2) is 58.4 Å². The Balaban J connectivity index is 1.37. The second-order valence-electron chi connectivity index (χ2n) is 9.91. The van der Waals surface area contributed by atoms with Crippen molar-refractivity contribution in [1.29, 1.82) is 0 Å². The van der Waals surface area contributed by atoms with Gasteiger partial charge in [-0.2, -0.15) is 0 Å². The van der Waals surface area contributed by atoms with E-state index < -0.39 is 5.82 Å². The van der Waals surface area contributed by atoms with E-state index in [0.29, 0.717) is 25.1 Å². The number of hydrogen-bond donors (Lipinski definition) is 0. The number of halogens is 1. The SMILES string of the molecule is CCc1ccc(C#Cc2c(-c3ccc(C(=O)N4CCN(CC5CC5)CC4)c(F)c3)ccnc2CC)cn1. The van der Waals surface area contributed by atoms with E-state index in [0.717, 1.165) is 60.1 Å². The zero-order valence-electron chi connectivity index (χ0n) is 21.6. The summed E-state index contributed by atoms with van der Waals surface area (Å²) in [5, 5.41) is 0. The van der Waals surface area contributed by atoms with E-state index in [1.165, 1.54) is 18.9 Å². The van der Waals surface area contributed by atoms with Crippen LogP contribution in [0.4, 0.5) is 4.39 Å². The first-order valence-corrected chi connectivity index (χ1v) is 13.3. The molecule has 6 heteroatoms. The van der Waals surface area contributed by atoms with Gasteiger partial charge in [0, 0.05) is 61.9 Å². The van der Waals surface area contributed by atoms with Gasteiger partial charge in [-0.25, -0.2) is 4.39 Å². The minimum Gasteiger partial charge on any atom is -0.336 e. The molecule has 2 aliphatic rings. The molecule has 0 spiro atoms. The molecule has 2 aromatic heterocycles. The monoisotopic (exact) mass is 496 g/mol. The molecule has 1 amide bonds. The Morgan fingerprint density at radius 3 is 2.46 bits per heavy atom. The van der Waals surface area contributed by atoms with Crippen molar-refractivity contribution >= 4 is 5.91 Å². The van der Waals surface area contributed by atoms with Crippen LogP contribution in [0.2, 0.25) is 0 Å². The molecule has 2 fully saturated rings. The lowest BCUT2D eigenvalue weighted by Gasteiger charge is -2.34. The summed E-state index contributed by atoms with van der Waals surface area (Å²) in [6.45, 7) is 8.23. The van der Waals surface area contributed by atoms with Gasteiger partial charge >= 0.3 is 0 Å². The van der Waals surface area contributed by atoms with Gasteiger partial charge < -0.3 is 4.90 Å². The van der Waals surface area contributed by atoms with E-state index in [4.69, 9.17) is 0 Å². The Morgan fingerprint density at radius 2 is 1.81 bits per heavy atom. The van der Waals surface area contributed by atoms with E-state index in [1.807, 2.05) is 31.2 Å². The number of aryl methyl sites for hydroxylation is 2. The first-order chi connectivity index (χ1) is 18.1. The third kappa shape index (κ3) is 5.89. The summed E-state index contributed by atoms with van der Waals surface area (Å²) in [5.74, 6) is 6.55. The van der Waals surface area contributed by atoms with Crippen LogP contribution in [0.1, 0.15) is 59.6 Å². The second-order valence-corrected chi connectivity index (χ2v) is 9.91. The van der Waals surface area contributed by atoms with E-state index in [9.17, 15) is 4.79 Å². The third-order valence-corrected chi connectivity index (χ3v) is 7.27. The number of benzene rings is 1. The lowest BCUT2D eigenvalue weighted by Crippen LogP contribution is -2.49. The van der Waals surface area contributed by atoms with Crippen molar-refractivity contribution in [3.05, 3.63) is 82.7 Å². The van der Waals surface area contributed by atoms with Crippen LogP contribution in [0, 0.1) is 23.6 Å². The van der Waals surface area contributed by atoms with Gasteiger partial charge in [-0.15, -0.1) is 0 Å². The molecule has 1 aromatic carbocycles. The summed E-state index contributed by atoms with van der Waals surface area (Å²) < 4.78 is 15.3. The fourth-order valence-electron chi connectivity index (χ4n) is 4.82. The molecular formula is C31H33FN4O. The second kappa shape index (κ2) is 11.2. The van der Waals surface area contributed by atoms with Gasteiger partial charge in [0.2, 0.25) is 0 Å². The maximum Gasteiger partial charge on any atom is 0.256 e. The molecule has 3 heterocycles. The molecule has 1 aliphatic carbocycles. The Labute approximate surface area is 218 Å². The third-order valence-electron chi connectivity index (χ3n) is 7.27. The van der Waals surface area contributed by atoms with Gasteiger partial charge in [-0.3, -0.25) is 19.7 Å². The standard InChI is InChI=1S/C31H33FN4O/c1-3-25-10-7-22(20-34-25)8-11-27-26(13-14-33-30(27)4-2)24-9-12-28(29(32)19-24)31(37)36-17-15-35(16-18-36)21-23-5-6-23/h7,9-10,12-14,19-20,23H,3-6,15-18,21H2,1-2H3. The molecule has 3 aromatic rings. The molecule has 0 radical (unpaired) electrons. The number of nitrogens with zero attached hydrogens (tertiary/aromatic N) is 4. The molecule has 0 bridgehead atoms. The van der Waals surface area contributed by atoms with Crippen molar-refractivity contribution in [1.82, 2.24) is 19.8 Å². The number of aromatic nitrogens is 2. The Kier molecular flexibility index (Phi) is 7.62. The maximum absolute atomic E-state index is 15.3. The highest BCUT2D eigenvalue weighted by Crippen LogP contribution is 2.30. The van der Waals surface area contributed by atoms with Crippen molar-refractivity contribution in [3.8, 4) is 23.0 Å². The van der Waals surface area contributed by atoms with Gasteiger partial charge in [0.1, 0.15) is 5.82 Å². The Hall–Kier alpha value is -3.56. The van der Waals surface area contributed by atoms with Gasteiger partial charge in [0.05, 0.1) is 16.8 Å². The average Bonchev–Trinajstić information content (AvgIpc) is 3.76. The largest absolute Gasteiger partial charge is 0.336 e. The van der Waals surface area contributed by atoms with Crippen LogP contribution in [0.15, 0.2) is 48.8 Å². The number of carbonyl (C=O) groups is 1. The first kappa shape index (κ1) is 25.1. The summed E-state index contributed by atoms with van der Waals surface area (Å²) >= 11 is 0. The molecule has 1 aliphatic heterocycles. The Morgan fingerprint density at radius 1 is 1.00 bits per heavy atom. The van der Waals surface area contributed by atoms with Crippen LogP contribution >= 0.6 is 0 Å². The maximum atomic E-state index is 15.3. The van der Waals surface area contributed by atoms with Crippen molar-refractivity contribution in [3.63, 3.8) is 0 Å². The molecule has 5 rings (SSSR count). The summed E-state index contributed by atoms with van der Waals surface area (Å²) in [7, 11) is 0. The van der Waals surface area contributed by atoms with Crippen LogP contribution in [0.5, 0.6) is 0 Å². The number of hydrogen-bond acceptors (Lipinski definition) is 4. The van der Waals surface area contributed by atoms with Crippen LogP contribution in [0.3, 0.4) is 0 Å². The van der Waals surface area contributed by atoms with Crippen molar-refractivity contribution in [2.75, 3.05) is 32.7 Å². The highest BCUT2D eigenvalue weighted by Gasteiger charge is 2.28. The normalized spacial score (nSPS) is 15.8. The van der Waals surface area contributed by atoms with Crippen LogP contribution in [0.25, 0.3) is 11.1 Å². The number of pyridine rings is 2. The average molecular weight is 497 g/mol. The molecule has 0 unspecified atom stereocenters. The van der Waals surface area contributed by atoms with Gasteiger partial charge in [-0.1, -0.05) is 31.8 Å². The lowest BCUT2D eigenvalue weighted by atomic mass is 9.96. The Bertz CT molecular complexity index is 1330. The number of rotatable bonds is 6. The molecule has 0 atom stereocenters. The summed E-state index contributed by atoms with van der Waals surface area (Å²) in [6, 6.07) is 10.7. The van der Waals surface area contributed by atoms with Gasteiger partial charge in [0.15, 0.2) is 0 Å². The fourth-order valence-corrected chi connectivity index (χ4v) is 4.82. The first-order valence-electron chi connectivity index (χ1n) is 13.3. The highest BCUT2D eigenvalue weighted by molar-refractivity contribution is 5.95. The number of piperazine rings is 1. The fraction of sp³-hybridized carbons (Fsp3) is 0.387. The summed E-state index contributed by atoms with van der Waals surface area (Å²) in [4.78, 5) is 26.2. The zero-order valence-corrected chi connectivity index (χ0v) is 21.6. The van der Waals surface area contributed by atoms with E-state index in [-0.39, 0.29) is 11.5 Å². The van der Waals surface area contributed by atoms with Gasteiger partial charge in [0.25, 0.3) is 5.91 Å². The van der Waals surface area contributed by atoms with Crippen molar-refractivity contribution in [2.24, 2.45) is 5.92 Å². The minimum absolute atomic E-state index is 0.124. The minimum atomic E-state index is -0.504. The van der Waals surface area contributed by atoms with E-state index in [1.54, 1.807) is 23.4 Å². The quantitative estimate of drug-likeness (QED) is 0.452. The molecule has 1 saturated heterocycles. The van der Waals surface area contributed by atoms with E-state index >= 15 is 4.39 Å². The molecular weight excluding hydrogens is 463 g/mol. The highest BCUT2D eigenvalue weighted by atomic mass is 19.1. The predicted molar refractivity (Wildman–Crippen MR) is 144 cm³/mol. The predicted octanol–water partition coefficient (Wildman–Crippen LogP) is 4.98. The molecule has 5 nitrogen and oxygen atoms in total. The van der Waals surface area contributed by atoms with E-state index in [2.05, 4.69) is 33.6 Å². The summed E-state index contributed by atoms with van der Waals surface area (Å²) in [6.07, 6.45) is 7.74. The van der Waals surface area contributed by atoms with Crippen molar-refractivity contribution in [2.45, 2.75) is 39.5 Å². The molecule has 37 heavy (non-hydrogen) atoms. The van der Waals surface area contributed by atoms with Crippen molar-refractivity contribution < 1.29 is 9.18 Å². The molecule has 0 N–H and O–H groups in total. The smallest absolute Gasteiger partial charge is 0.256 e. The molecule has 1 saturated carbocycles. The number of amides is 1. The summed E-state index contributed by atoms with van der Waals surface area (Å²) in [5.41, 5.74) is 5.08. The lowest BCUT2D eigenvalue weighted by molar-refractivity contribution is 0.0627.